The maximum atomic E-state index is 13.7. The number of ketones is 1. The van der Waals surface area contributed by atoms with E-state index in [9.17, 15) is 14.0 Å². The van der Waals surface area contributed by atoms with Crippen LogP contribution in [0, 0.1) is 5.82 Å². The number of benzene rings is 2. The summed E-state index contributed by atoms with van der Waals surface area (Å²) in [6.07, 6.45) is 4.10. The first-order chi connectivity index (χ1) is 14.0. The van der Waals surface area contributed by atoms with Crippen molar-refractivity contribution < 1.29 is 32.6 Å². The Kier molecular flexibility index (Phi) is 6.09. The van der Waals surface area contributed by atoms with Crippen molar-refractivity contribution in [1.29, 1.82) is 0 Å². The summed E-state index contributed by atoms with van der Waals surface area (Å²) in [5, 5.41) is 0. The Labute approximate surface area is 166 Å². The molecule has 0 spiro atoms. The predicted octanol–water partition coefficient (Wildman–Crippen LogP) is 4.55. The monoisotopic (exact) mass is 396 g/mol. The molecular weight excluding hydrogens is 379 g/mol. The quantitative estimate of drug-likeness (QED) is 0.252. The third-order valence-electron chi connectivity index (χ3n) is 3.97. The number of hydrogen-bond donors (Lipinski definition) is 0. The predicted molar refractivity (Wildman–Crippen MR) is 103 cm³/mol. The lowest BCUT2D eigenvalue weighted by Gasteiger charge is -2.08. The molecule has 29 heavy (non-hydrogen) atoms. The van der Waals surface area contributed by atoms with Crippen LogP contribution in [0.15, 0.2) is 65.3 Å². The van der Waals surface area contributed by atoms with Gasteiger partial charge in [0.25, 0.3) is 0 Å². The van der Waals surface area contributed by atoms with Gasteiger partial charge in [0.05, 0.1) is 26.0 Å². The number of rotatable bonds is 7. The zero-order valence-electron chi connectivity index (χ0n) is 15.7. The lowest BCUT2D eigenvalue weighted by molar-refractivity contribution is 0.0699. The molecule has 3 aromatic rings. The number of allylic oxidation sites excluding steroid dienone is 1. The molecule has 0 unspecified atom stereocenters. The highest BCUT2D eigenvalue weighted by Gasteiger charge is 2.17. The Morgan fingerprint density at radius 3 is 2.41 bits per heavy atom. The first kappa shape index (κ1) is 19.9. The molecule has 148 valence electrons. The van der Waals surface area contributed by atoms with Gasteiger partial charge < -0.3 is 18.6 Å². The summed E-state index contributed by atoms with van der Waals surface area (Å²) in [5.41, 5.74) is 0.572. The molecule has 1 heterocycles. The van der Waals surface area contributed by atoms with Gasteiger partial charge in [0.2, 0.25) is 5.76 Å². The molecular formula is C22H17FO6. The van der Waals surface area contributed by atoms with E-state index in [-0.39, 0.29) is 17.1 Å². The fraction of sp³-hybridized carbons (Fsp3) is 0.0909. The zero-order chi connectivity index (χ0) is 20.8. The van der Waals surface area contributed by atoms with E-state index in [1.807, 2.05) is 0 Å². The molecule has 1 aromatic heterocycles. The fourth-order valence-corrected chi connectivity index (χ4v) is 2.55. The van der Waals surface area contributed by atoms with Crippen molar-refractivity contribution in [3.8, 4) is 17.2 Å². The van der Waals surface area contributed by atoms with Gasteiger partial charge in [-0.3, -0.25) is 4.79 Å². The summed E-state index contributed by atoms with van der Waals surface area (Å²) in [7, 11) is 3.02. The van der Waals surface area contributed by atoms with Gasteiger partial charge >= 0.3 is 5.97 Å². The summed E-state index contributed by atoms with van der Waals surface area (Å²) in [6.45, 7) is 0. The molecule has 0 aliphatic carbocycles. The van der Waals surface area contributed by atoms with Gasteiger partial charge in [-0.05, 0) is 54.1 Å². The van der Waals surface area contributed by atoms with Crippen LogP contribution < -0.4 is 14.2 Å². The molecule has 7 heteroatoms. The molecule has 0 fully saturated rings. The van der Waals surface area contributed by atoms with E-state index in [2.05, 4.69) is 0 Å². The zero-order valence-corrected chi connectivity index (χ0v) is 15.7. The first-order valence-corrected chi connectivity index (χ1v) is 8.51. The summed E-state index contributed by atoms with van der Waals surface area (Å²) in [6, 6.07) is 11.4. The molecule has 0 aliphatic heterocycles. The van der Waals surface area contributed by atoms with E-state index < -0.39 is 17.6 Å². The lowest BCUT2D eigenvalue weighted by atomic mass is 10.1. The van der Waals surface area contributed by atoms with Crippen molar-refractivity contribution in [2.24, 2.45) is 0 Å². The van der Waals surface area contributed by atoms with Gasteiger partial charge in [-0.15, -0.1) is 0 Å². The largest absolute Gasteiger partial charge is 0.493 e. The van der Waals surface area contributed by atoms with Crippen LogP contribution in [0.4, 0.5) is 4.39 Å². The molecule has 0 N–H and O–H groups in total. The second kappa shape index (κ2) is 8.88. The van der Waals surface area contributed by atoms with E-state index in [0.717, 1.165) is 12.1 Å². The SMILES string of the molecule is COc1ccc(/C=C/C(=O)c2cc(F)ccc2OC(=O)c2ccco2)cc1OC. The number of esters is 1. The second-order valence-electron chi connectivity index (χ2n) is 5.82. The van der Waals surface area contributed by atoms with Crippen molar-refractivity contribution in [1.82, 2.24) is 0 Å². The van der Waals surface area contributed by atoms with Crippen LogP contribution in [-0.2, 0) is 0 Å². The van der Waals surface area contributed by atoms with Crippen LogP contribution in [0.3, 0.4) is 0 Å². The number of furan rings is 1. The third kappa shape index (κ3) is 4.70. The fourth-order valence-electron chi connectivity index (χ4n) is 2.55. The van der Waals surface area contributed by atoms with E-state index in [4.69, 9.17) is 18.6 Å². The highest BCUT2D eigenvalue weighted by molar-refractivity contribution is 6.09. The number of ether oxygens (including phenoxy) is 3. The molecule has 0 saturated carbocycles. The summed E-state index contributed by atoms with van der Waals surface area (Å²) in [4.78, 5) is 24.7. The van der Waals surface area contributed by atoms with Crippen LogP contribution in [0.5, 0.6) is 17.2 Å². The van der Waals surface area contributed by atoms with E-state index in [0.29, 0.717) is 17.1 Å². The minimum absolute atomic E-state index is 0.0337. The Bertz CT molecular complexity index is 1050. The molecule has 2 aromatic carbocycles. The molecule has 0 aliphatic rings. The van der Waals surface area contributed by atoms with Crippen molar-refractivity contribution in [3.63, 3.8) is 0 Å². The maximum Gasteiger partial charge on any atom is 0.379 e. The second-order valence-corrected chi connectivity index (χ2v) is 5.82. The molecule has 0 bridgehead atoms. The average Bonchev–Trinajstić information content (AvgIpc) is 3.28. The van der Waals surface area contributed by atoms with Crippen molar-refractivity contribution in [3.05, 3.63) is 83.6 Å². The van der Waals surface area contributed by atoms with Crippen LogP contribution in [0.2, 0.25) is 0 Å². The van der Waals surface area contributed by atoms with Crippen molar-refractivity contribution >= 4 is 17.8 Å². The Hall–Kier alpha value is -3.87. The molecule has 3 rings (SSSR count). The number of hydrogen-bond acceptors (Lipinski definition) is 6. The smallest absolute Gasteiger partial charge is 0.379 e. The van der Waals surface area contributed by atoms with Crippen LogP contribution in [0.1, 0.15) is 26.5 Å². The first-order valence-electron chi connectivity index (χ1n) is 8.51. The van der Waals surface area contributed by atoms with Crippen LogP contribution in [0.25, 0.3) is 6.08 Å². The summed E-state index contributed by atoms with van der Waals surface area (Å²) in [5.74, 6) is -1.02. The highest BCUT2D eigenvalue weighted by atomic mass is 19.1. The van der Waals surface area contributed by atoms with E-state index in [1.165, 1.54) is 50.8 Å². The van der Waals surface area contributed by atoms with Gasteiger partial charge in [-0.2, -0.15) is 0 Å². The standard InChI is InChI=1S/C22H17FO6/c1-26-19-9-6-14(12-21(19)27-2)5-8-17(24)16-13-15(23)7-10-18(16)29-22(25)20-4-3-11-28-20/h3-13H,1-2H3/b8-5+. The number of carbonyl (C=O) groups is 2. The minimum atomic E-state index is -0.792. The van der Waals surface area contributed by atoms with Gasteiger partial charge in [-0.1, -0.05) is 12.1 Å². The topological polar surface area (TPSA) is 75.0 Å². The van der Waals surface area contributed by atoms with Gasteiger partial charge in [0, 0.05) is 0 Å². The number of methoxy groups -OCH3 is 2. The van der Waals surface area contributed by atoms with Crippen LogP contribution in [-0.4, -0.2) is 26.0 Å². The van der Waals surface area contributed by atoms with Gasteiger partial charge in [-0.25, -0.2) is 9.18 Å². The summed E-state index contributed by atoms with van der Waals surface area (Å²) >= 11 is 0. The molecule has 0 saturated heterocycles. The van der Waals surface area contributed by atoms with Crippen molar-refractivity contribution in [2.75, 3.05) is 14.2 Å². The number of carbonyl (C=O) groups excluding carboxylic acids is 2. The third-order valence-corrected chi connectivity index (χ3v) is 3.97. The average molecular weight is 396 g/mol. The Balaban J connectivity index is 1.84. The van der Waals surface area contributed by atoms with Gasteiger partial charge in [0.1, 0.15) is 11.6 Å². The van der Waals surface area contributed by atoms with E-state index in [1.54, 1.807) is 18.2 Å². The highest BCUT2D eigenvalue weighted by Crippen LogP contribution is 2.28. The molecule has 6 nitrogen and oxygen atoms in total. The number of halogens is 1. The Morgan fingerprint density at radius 2 is 1.72 bits per heavy atom. The molecule has 0 radical (unpaired) electrons. The van der Waals surface area contributed by atoms with E-state index >= 15 is 0 Å². The maximum absolute atomic E-state index is 13.7. The van der Waals surface area contributed by atoms with Crippen LogP contribution >= 0.6 is 0 Å². The summed E-state index contributed by atoms with van der Waals surface area (Å²) < 4.78 is 34.3. The molecule has 0 amide bonds. The Morgan fingerprint density at radius 1 is 0.966 bits per heavy atom. The lowest BCUT2D eigenvalue weighted by Crippen LogP contribution is -2.10. The molecule has 0 atom stereocenters. The minimum Gasteiger partial charge on any atom is -0.493 e. The van der Waals surface area contributed by atoms with Crippen molar-refractivity contribution in [2.45, 2.75) is 0 Å². The van der Waals surface area contributed by atoms with Gasteiger partial charge in [0.15, 0.2) is 17.3 Å². The normalized spacial score (nSPS) is 10.7.